The topological polar surface area (TPSA) is 0 Å². The van der Waals surface area contributed by atoms with Crippen LogP contribution in [0.3, 0.4) is 0 Å². The quantitative estimate of drug-likeness (QED) is 0.552. The third-order valence-corrected chi connectivity index (χ3v) is 10.5. The second kappa shape index (κ2) is 3.80. The molecule has 0 aliphatic heterocycles. The van der Waals surface area contributed by atoms with Crippen molar-refractivity contribution >= 4 is 0 Å². The molecule has 2 atom stereocenters. The molecule has 0 spiro atoms. The summed E-state index contributed by atoms with van der Waals surface area (Å²) >= 11 is 0. The van der Waals surface area contributed by atoms with E-state index in [2.05, 4.69) is 13.8 Å². The van der Waals surface area contributed by atoms with Crippen molar-refractivity contribution in [2.45, 2.75) is 84.5 Å². The first-order valence-corrected chi connectivity index (χ1v) is 10.5. The molecule has 0 aromatic heterocycles. The summed E-state index contributed by atoms with van der Waals surface area (Å²) < 4.78 is 0. The summed E-state index contributed by atoms with van der Waals surface area (Å²) in [6.07, 6.45) is 17.9. The molecule has 8 fully saturated rings. The Hall–Kier alpha value is 0. The van der Waals surface area contributed by atoms with Gasteiger partial charge in [0.2, 0.25) is 0 Å². The largest absolute Gasteiger partial charge is 0.0591 e. The van der Waals surface area contributed by atoms with E-state index in [1.165, 1.54) is 0 Å². The third kappa shape index (κ3) is 1.35. The van der Waals surface area contributed by atoms with Gasteiger partial charge in [0.25, 0.3) is 0 Å². The fourth-order valence-corrected chi connectivity index (χ4v) is 10.3. The van der Waals surface area contributed by atoms with E-state index in [0.29, 0.717) is 5.41 Å². The van der Waals surface area contributed by atoms with Gasteiger partial charge in [0.1, 0.15) is 0 Å². The van der Waals surface area contributed by atoms with E-state index in [1.807, 2.05) is 0 Å². The van der Waals surface area contributed by atoms with Gasteiger partial charge in [-0.05, 0) is 122 Å². The predicted molar refractivity (Wildman–Crippen MR) is 90.4 cm³/mol. The molecule has 2 unspecified atom stereocenters. The van der Waals surface area contributed by atoms with Crippen molar-refractivity contribution in [2.75, 3.05) is 0 Å². The third-order valence-electron chi connectivity index (χ3n) is 10.5. The van der Waals surface area contributed by atoms with Crippen LogP contribution in [-0.2, 0) is 0 Å². The van der Waals surface area contributed by atoms with E-state index < -0.39 is 0 Å². The monoisotopic (exact) mass is 298 g/mol. The van der Waals surface area contributed by atoms with E-state index in [0.717, 1.165) is 46.3 Å². The van der Waals surface area contributed by atoms with Crippen LogP contribution in [0, 0.1) is 51.8 Å². The van der Waals surface area contributed by atoms with Gasteiger partial charge < -0.3 is 0 Å². The number of hydrogen-bond donors (Lipinski definition) is 0. The van der Waals surface area contributed by atoms with Crippen LogP contribution in [0.4, 0.5) is 0 Å². The zero-order valence-electron chi connectivity index (χ0n) is 14.7. The molecule has 0 radical (unpaired) electrons. The van der Waals surface area contributed by atoms with Crippen LogP contribution in [0.2, 0.25) is 0 Å². The smallest absolute Gasteiger partial charge is 0.0182 e. The Morgan fingerprint density at radius 2 is 0.955 bits per heavy atom. The van der Waals surface area contributed by atoms with Crippen LogP contribution >= 0.6 is 0 Å². The molecular formula is C22H34. The van der Waals surface area contributed by atoms with Gasteiger partial charge in [-0.3, -0.25) is 0 Å². The molecule has 0 saturated heterocycles. The predicted octanol–water partition coefficient (Wildman–Crippen LogP) is 6.06. The van der Waals surface area contributed by atoms with Crippen LogP contribution in [0.25, 0.3) is 0 Å². The average molecular weight is 299 g/mol. The highest BCUT2D eigenvalue weighted by Gasteiger charge is 2.70. The molecule has 122 valence electrons. The molecule has 0 aromatic carbocycles. The summed E-state index contributed by atoms with van der Waals surface area (Å²) in [5.41, 5.74) is 2.19. The van der Waals surface area contributed by atoms with Crippen molar-refractivity contribution < 1.29 is 0 Å². The maximum Gasteiger partial charge on any atom is -0.0182 e. The minimum Gasteiger partial charge on any atom is -0.0591 e. The Bertz CT molecular complexity index is 463. The molecular weight excluding hydrogens is 264 g/mol. The molecule has 22 heavy (non-hydrogen) atoms. The number of hydrogen-bond acceptors (Lipinski definition) is 0. The average Bonchev–Trinajstić information content (AvgIpc) is 2.42. The standard InChI is InChI=1S/C22H34/c1-20(2)19-7-17-6-18(8-19)13-22(20,12-17)21-9-14-3-15(10-21)5-16(4-14)11-21/h14-19H,3-13H2,1-2H3. The maximum atomic E-state index is 2.73. The van der Waals surface area contributed by atoms with Crippen molar-refractivity contribution in [2.24, 2.45) is 51.8 Å². The Balaban J connectivity index is 1.50. The fourth-order valence-electron chi connectivity index (χ4n) is 10.3. The first-order chi connectivity index (χ1) is 10.5. The summed E-state index contributed by atoms with van der Waals surface area (Å²) in [5, 5.41) is 0. The molecule has 0 heteroatoms. The summed E-state index contributed by atoms with van der Waals surface area (Å²) in [5.74, 6) is 6.73. The van der Waals surface area contributed by atoms with Crippen LogP contribution in [0.1, 0.15) is 84.5 Å². The zero-order chi connectivity index (χ0) is 14.7. The highest BCUT2D eigenvalue weighted by atomic mass is 14.7. The molecule has 8 aliphatic carbocycles. The fraction of sp³-hybridized carbons (Fsp3) is 1.00. The molecule has 8 aliphatic rings. The first kappa shape index (κ1) is 13.3. The lowest BCUT2D eigenvalue weighted by molar-refractivity contribution is -0.262. The Kier molecular flexibility index (Phi) is 2.30. The van der Waals surface area contributed by atoms with E-state index >= 15 is 0 Å². The van der Waals surface area contributed by atoms with E-state index in [1.54, 1.807) is 70.6 Å². The Morgan fingerprint density at radius 1 is 0.545 bits per heavy atom. The van der Waals surface area contributed by atoms with Crippen molar-refractivity contribution in [1.82, 2.24) is 0 Å². The summed E-state index contributed by atoms with van der Waals surface area (Å²) in [6, 6.07) is 0. The summed E-state index contributed by atoms with van der Waals surface area (Å²) in [4.78, 5) is 0. The zero-order valence-corrected chi connectivity index (χ0v) is 14.7. The lowest BCUT2D eigenvalue weighted by Gasteiger charge is -2.75. The Labute approximate surface area is 136 Å². The van der Waals surface area contributed by atoms with Crippen LogP contribution < -0.4 is 0 Å². The van der Waals surface area contributed by atoms with Gasteiger partial charge in [-0.2, -0.15) is 0 Å². The molecule has 8 rings (SSSR count). The lowest BCUT2D eigenvalue weighted by Crippen LogP contribution is -2.67. The normalized spacial score (nSPS) is 63.5. The summed E-state index contributed by atoms with van der Waals surface area (Å²) in [6.45, 7) is 5.46. The summed E-state index contributed by atoms with van der Waals surface area (Å²) in [7, 11) is 0. The molecule has 0 N–H and O–H groups in total. The van der Waals surface area contributed by atoms with E-state index in [-0.39, 0.29) is 0 Å². The SMILES string of the molecule is CC1(C)C2CC3CC(C2)CC1(C12CC4CC(CC(C4)C1)C2)C3. The molecule has 0 amide bonds. The minimum atomic E-state index is 0.645. The highest BCUT2D eigenvalue weighted by Crippen LogP contribution is 2.79. The van der Waals surface area contributed by atoms with Gasteiger partial charge >= 0.3 is 0 Å². The molecule has 0 heterocycles. The Morgan fingerprint density at radius 3 is 1.41 bits per heavy atom. The van der Waals surface area contributed by atoms with Gasteiger partial charge in [0.05, 0.1) is 0 Å². The van der Waals surface area contributed by atoms with Gasteiger partial charge in [-0.15, -0.1) is 0 Å². The minimum absolute atomic E-state index is 0.645. The molecule has 0 nitrogen and oxygen atoms in total. The second-order valence-electron chi connectivity index (χ2n) is 11.5. The highest BCUT2D eigenvalue weighted by molar-refractivity contribution is 5.20. The van der Waals surface area contributed by atoms with Crippen LogP contribution in [0.5, 0.6) is 0 Å². The molecule has 8 saturated carbocycles. The van der Waals surface area contributed by atoms with Gasteiger partial charge in [0, 0.05) is 0 Å². The molecule has 0 aromatic rings. The van der Waals surface area contributed by atoms with Gasteiger partial charge in [0.15, 0.2) is 0 Å². The first-order valence-electron chi connectivity index (χ1n) is 10.5. The van der Waals surface area contributed by atoms with Crippen LogP contribution in [-0.4, -0.2) is 0 Å². The van der Waals surface area contributed by atoms with Crippen molar-refractivity contribution in [3.8, 4) is 0 Å². The van der Waals surface area contributed by atoms with Crippen molar-refractivity contribution in [3.63, 3.8) is 0 Å². The van der Waals surface area contributed by atoms with Gasteiger partial charge in [-0.25, -0.2) is 0 Å². The van der Waals surface area contributed by atoms with E-state index in [9.17, 15) is 0 Å². The van der Waals surface area contributed by atoms with Gasteiger partial charge in [-0.1, -0.05) is 13.8 Å². The molecule has 8 bridgehead atoms. The van der Waals surface area contributed by atoms with Crippen molar-refractivity contribution in [1.29, 1.82) is 0 Å². The second-order valence-corrected chi connectivity index (χ2v) is 11.5. The van der Waals surface area contributed by atoms with Crippen LogP contribution in [0.15, 0.2) is 0 Å². The lowest BCUT2D eigenvalue weighted by atomic mass is 9.29. The number of rotatable bonds is 1. The maximum absolute atomic E-state index is 2.73. The van der Waals surface area contributed by atoms with Crippen molar-refractivity contribution in [3.05, 3.63) is 0 Å². The van der Waals surface area contributed by atoms with E-state index in [4.69, 9.17) is 0 Å².